The Bertz CT molecular complexity index is 1140. The number of carbonyl (C=O) groups is 2. The third-order valence-corrected chi connectivity index (χ3v) is 4.61. The number of rotatable bonds is 7. The van der Waals surface area contributed by atoms with Crippen LogP contribution in [-0.2, 0) is 16.1 Å². The largest absolute Gasteiger partial charge is 0.456 e. The van der Waals surface area contributed by atoms with Gasteiger partial charge in [-0.1, -0.05) is 66.7 Å². The molecule has 1 atom stereocenters. The number of ether oxygens (including phenoxy) is 1. The van der Waals surface area contributed by atoms with E-state index in [9.17, 15) is 9.59 Å². The first-order valence-corrected chi connectivity index (χ1v) is 9.78. The summed E-state index contributed by atoms with van der Waals surface area (Å²) in [7, 11) is 0. The molecular formula is C25H20N2O4. The molecule has 0 bridgehead atoms. The van der Waals surface area contributed by atoms with E-state index in [1.165, 1.54) is 6.20 Å². The molecule has 0 aliphatic heterocycles. The molecule has 6 heteroatoms. The van der Waals surface area contributed by atoms with Crippen LogP contribution in [0.3, 0.4) is 0 Å². The van der Waals surface area contributed by atoms with Gasteiger partial charge in [0.2, 0.25) is 5.89 Å². The van der Waals surface area contributed by atoms with Gasteiger partial charge in [0.25, 0.3) is 5.91 Å². The van der Waals surface area contributed by atoms with Gasteiger partial charge in [-0.2, -0.15) is 0 Å². The van der Waals surface area contributed by atoms with Crippen molar-refractivity contribution in [2.75, 3.05) is 0 Å². The van der Waals surface area contributed by atoms with Crippen LogP contribution in [0.25, 0.3) is 11.5 Å². The van der Waals surface area contributed by atoms with Crippen LogP contribution >= 0.6 is 0 Å². The number of esters is 1. The third kappa shape index (κ3) is 5.05. The summed E-state index contributed by atoms with van der Waals surface area (Å²) in [5.41, 5.74) is 1.91. The molecule has 3 aromatic carbocycles. The Hall–Kier alpha value is -4.19. The van der Waals surface area contributed by atoms with Crippen molar-refractivity contribution in [3.63, 3.8) is 0 Å². The molecule has 0 spiro atoms. The molecular weight excluding hydrogens is 392 g/mol. The average molecular weight is 412 g/mol. The number of nitrogens with zero attached hydrogens (tertiary/aromatic N) is 1. The van der Waals surface area contributed by atoms with Crippen LogP contribution in [-0.4, -0.2) is 16.9 Å². The fourth-order valence-electron chi connectivity index (χ4n) is 3.04. The van der Waals surface area contributed by atoms with Crippen LogP contribution < -0.4 is 5.32 Å². The number of amides is 1. The highest BCUT2D eigenvalue weighted by molar-refractivity contribution is 5.97. The number of hydrogen-bond acceptors (Lipinski definition) is 5. The average Bonchev–Trinajstić information content (AvgIpc) is 3.32. The molecule has 1 amide bonds. The van der Waals surface area contributed by atoms with E-state index in [4.69, 9.17) is 9.15 Å². The second-order valence-corrected chi connectivity index (χ2v) is 6.79. The Balaban J connectivity index is 1.46. The highest BCUT2D eigenvalue weighted by Gasteiger charge is 2.25. The number of oxazole rings is 1. The Labute approximate surface area is 179 Å². The molecule has 1 unspecified atom stereocenters. The van der Waals surface area contributed by atoms with E-state index in [1.54, 1.807) is 48.5 Å². The van der Waals surface area contributed by atoms with Crippen LogP contribution in [0.15, 0.2) is 102 Å². The minimum absolute atomic E-state index is 0.0940. The van der Waals surface area contributed by atoms with Crippen molar-refractivity contribution in [2.24, 2.45) is 0 Å². The molecule has 4 rings (SSSR count). The van der Waals surface area contributed by atoms with E-state index < -0.39 is 12.0 Å². The normalized spacial score (nSPS) is 11.5. The molecule has 0 fully saturated rings. The molecule has 0 saturated carbocycles. The lowest BCUT2D eigenvalue weighted by Gasteiger charge is -2.18. The second-order valence-electron chi connectivity index (χ2n) is 6.79. The molecule has 4 aromatic rings. The highest BCUT2D eigenvalue weighted by Crippen LogP contribution is 2.20. The smallest absolute Gasteiger partial charge is 0.333 e. The molecule has 0 saturated heterocycles. The maximum absolute atomic E-state index is 12.9. The van der Waals surface area contributed by atoms with E-state index in [0.29, 0.717) is 22.8 Å². The van der Waals surface area contributed by atoms with Gasteiger partial charge in [-0.15, -0.1) is 0 Å². The standard InChI is InChI=1S/C25H20N2O4/c28-23(19-12-6-2-7-13-19)27-22(18-10-4-1-5-11-18)25(29)30-17-21-16-26-24(31-21)20-14-8-3-9-15-20/h1-16,22H,17H2,(H,27,28). The third-order valence-electron chi connectivity index (χ3n) is 4.61. The van der Waals surface area contributed by atoms with Crippen LogP contribution in [0, 0.1) is 0 Å². The summed E-state index contributed by atoms with van der Waals surface area (Å²) in [4.78, 5) is 29.7. The van der Waals surface area contributed by atoms with Crippen molar-refractivity contribution >= 4 is 11.9 Å². The number of hydrogen-bond donors (Lipinski definition) is 1. The molecule has 31 heavy (non-hydrogen) atoms. The molecule has 154 valence electrons. The Kier molecular flexibility index (Phi) is 6.18. The summed E-state index contributed by atoms with van der Waals surface area (Å²) in [5, 5.41) is 2.76. The van der Waals surface area contributed by atoms with Gasteiger partial charge in [-0.05, 0) is 29.8 Å². The van der Waals surface area contributed by atoms with Crippen molar-refractivity contribution in [3.05, 3.63) is 114 Å². The lowest BCUT2D eigenvalue weighted by atomic mass is 10.1. The minimum Gasteiger partial charge on any atom is -0.456 e. The van der Waals surface area contributed by atoms with Crippen molar-refractivity contribution in [1.82, 2.24) is 10.3 Å². The number of benzene rings is 3. The van der Waals surface area contributed by atoms with Gasteiger partial charge in [-0.3, -0.25) is 4.79 Å². The van der Waals surface area contributed by atoms with Crippen molar-refractivity contribution in [3.8, 4) is 11.5 Å². The van der Waals surface area contributed by atoms with Gasteiger partial charge in [0.15, 0.2) is 18.4 Å². The SMILES string of the molecule is O=C(NC(C(=O)OCc1cnc(-c2ccccc2)o1)c1ccccc1)c1ccccc1. The van der Waals surface area contributed by atoms with Gasteiger partial charge < -0.3 is 14.5 Å². The zero-order chi connectivity index (χ0) is 21.5. The zero-order valence-electron chi connectivity index (χ0n) is 16.6. The lowest BCUT2D eigenvalue weighted by molar-refractivity contribution is -0.148. The fourth-order valence-corrected chi connectivity index (χ4v) is 3.04. The summed E-state index contributed by atoms with van der Waals surface area (Å²) in [6.07, 6.45) is 1.52. The topological polar surface area (TPSA) is 81.4 Å². The van der Waals surface area contributed by atoms with Gasteiger partial charge in [0.1, 0.15) is 0 Å². The summed E-state index contributed by atoms with van der Waals surface area (Å²) in [5.74, 6) is -0.0948. The first-order valence-electron chi connectivity index (χ1n) is 9.78. The molecule has 6 nitrogen and oxygen atoms in total. The maximum atomic E-state index is 12.9. The van der Waals surface area contributed by atoms with Crippen LogP contribution in [0.5, 0.6) is 0 Å². The molecule has 0 aliphatic rings. The summed E-state index contributed by atoms with van der Waals surface area (Å²) in [6.45, 7) is -0.0940. The van der Waals surface area contributed by atoms with Gasteiger partial charge in [-0.25, -0.2) is 9.78 Å². The van der Waals surface area contributed by atoms with E-state index >= 15 is 0 Å². The highest BCUT2D eigenvalue weighted by atomic mass is 16.5. The summed E-state index contributed by atoms with van der Waals surface area (Å²) >= 11 is 0. The Morgan fingerprint density at radius 2 is 1.48 bits per heavy atom. The van der Waals surface area contributed by atoms with E-state index in [0.717, 1.165) is 5.56 Å². The van der Waals surface area contributed by atoms with Gasteiger partial charge in [0, 0.05) is 11.1 Å². The number of carbonyl (C=O) groups excluding carboxylic acids is 2. The number of nitrogens with one attached hydrogen (secondary N) is 1. The minimum atomic E-state index is -0.953. The summed E-state index contributed by atoms with van der Waals surface area (Å²) in [6, 6.07) is 26.2. The molecule has 0 radical (unpaired) electrons. The molecule has 1 N–H and O–H groups in total. The van der Waals surface area contributed by atoms with Crippen LogP contribution in [0.2, 0.25) is 0 Å². The zero-order valence-corrected chi connectivity index (χ0v) is 16.6. The van der Waals surface area contributed by atoms with Crippen molar-refractivity contribution in [1.29, 1.82) is 0 Å². The molecule has 1 heterocycles. The first kappa shape index (κ1) is 20.1. The Morgan fingerprint density at radius 3 is 2.16 bits per heavy atom. The number of aromatic nitrogens is 1. The summed E-state index contributed by atoms with van der Waals surface area (Å²) < 4.78 is 11.1. The second kappa shape index (κ2) is 9.54. The maximum Gasteiger partial charge on any atom is 0.333 e. The first-order chi connectivity index (χ1) is 15.2. The van der Waals surface area contributed by atoms with Gasteiger partial charge in [0.05, 0.1) is 6.20 Å². The Morgan fingerprint density at radius 1 is 0.871 bits per heavy atom. The van der Waals surface area contributed by atoms with E-state index in [1.807, 2.05) is 42.5 Å². The van der Waals surface area contributed by atoms with E-state index in [-0.39, 0.29) is 12.5 Å². The predicted molar refractivity (Wildman–Crippen MR) is 115 cm³/mol. The predicted octanol–water partition coefficient (Wildman–Crippen LogP) is 4.56. The van der Waals surface area contributed by atoms with Crippen LogP contribution in [0.4, 0.5) is 0 Å². The molecule has 0 aliphatic carbocycles. The fraction of sp³-hybridized carbons (Fsp3) is 0.0800. The van der Waals surface area contributed by atoms with Crippen molar-refractivity contribution in [2.45, 2.75) is 12.6 Å². The van der Waals surface area contributed by atoms with Crippen molar-refractivity contribution < 1.29 is 18.7 Å². The van der Waals surface area contributed by atoms with Gasteiger partial charge >= 0.3 is 5.97 Å². The quantitative estimate of drug-likeness (QED) is 0.450. The monoisotopic (exact) mass is 412 g/mol. The van der Waals surface area contributed by atoms with Crippen LogP contribution in [0.1, 0.15) is 27.7 Å². The lowest BCUT2D eigenvalue weighted by Crippen LogP contribution is -2.34. The van der Waals surface area contributed by atoms with E-state index in [2.05, 4.69) is 10.3 Å². The molecule has 1 aromatic heterocycles.